The number of halogens is 1. The number of nitro groups is 1. The van der Waals surface area contributed by atoms with E-state index in [1.54, 1.807) is 31.3 Å². The number of nitrogens with zero attached hydrogens (tertiary/aromatic N) is 2. The van der Waals surface area contributed by atoms with Gasteiger partial charge in [-0.2, -0.15) is 0 Å². The van der Waals surface area contributed by atoms with Crippen molar-refractivity contribution in [2.24, 2.45) is 0 Å². The monoisotopic (exact) mass is 314 g/mol. The maximum atomic E-state index is 10.9. The molecule has 96 valence electrons. The lowest BCUT2D eigenvalue weighted by atomic mass is 10.1. The molecule has 1 rings (SSSR count). The van der Waals surface area contributed by atoms with Gasteiger partial charge in [-0.3, -0.25) is 10.1 Å². The number of hydrogen-bond donors (Lipinski definition) is 1. The lowest BCUT2D eigenvalue weighted by Gasteiger charge is -2.06. The summed E-state index contributed by atoms with van der Waals surface area (Å²) in [4.78, 5) is 22.9. The molecular weight excluding hydrogens is 304 g/mol. The Morgan fingerprint density at radius 1 is 1.50 bits per heavy atom. The summed E-state index contributed by atoms with van der Waals surface area (Å²) in [5, 5.41) is 19.8. The second-order valence-corrected chi connectivity index (χ2v) is 4.59. The van der Waals surface area contributed by atoms with Gasteiger partial charge in [0.15, 0.2) is 0 Å². The Morgan fingerprint density at radius 3 is 2.56 bits per heavy atom. The Balaban J connectivity index is 3.41. The Labute approximate surface area is 112 Å². The zero-order valence-corrected chi connectivity index (χ0v) is 11.3. The minimum absolute atomic E-state index is 0.129. The molecular formula is C11H11BrN2O4. The summed E-state index contributed by atoms with van der Waals surface area (Å²) in [5.41, 5.74) is -0.0471. The van der Waals surface area contributed by atoms with Gasteiger partial charge >= 0.3 is 5.97 Å². The van der Waals surface area contributed by atoms with Gasteiger partial charge < -0.3 is 10.0 Å². The van der Waals surface area contributed by atoms with Crippen molar-refractivity contribution in [3.05, 3.63) is 44.0 Å². The molecule has 0 aliphatic carbocycles. The van der Waals surface area contributed by atoms with E-state index >= 15 is 0 Å². The van der Waals surface area contributed by atoms with Gasteiger partial charge in [0, 0.05) is 24.6 Å². The van der Waals surface area contributed by atoms with Crippen molar-refractivity contribution in [3.8, 4) is 0 Å². The van der Waals surface area contributed by atoms with Crippen molar-refractivity contribution in [3.63, 3.8) is 0 Å². The number of carbonyl (C=O) groups is 1. The van der Waals surface area contributed by atoms with E-state index in [2.05, 4.69) is 15.9 Å². The van der Waals surface area contributed by atoms with Crippen LogP contribution in [-0.2, 0) is 0 Å². The van der Waals surface area contributed by atoms with Gasteiger partial charge in [0.1, 0.15) is 0 Å². The van der Waals surface area contributed by atoms with Crippen LogP contribution in [0.25, 0.3) is 6.08 Å². The Bertz CT molecular complexity index is 526. The number of aromatic carboxylic acids is 1. The predicted molar refractivity (Wildman–Crippen MR) is 70.5 cm³/mol. The van der Waals surface area contributed by atoms with E-state index in [-0.39, 0.29) is 11.3 Å². The number of hydrogen-bond acceptors (Lipinski definition) is 4. The average molecular weight is 315 g/mol. The maximum Gasteiger partial charge on any atom is 0.335 e. The Hall–Kier alpha value is -1.89. The number of benzene rings is 1. The zero-order valence-electron chi connectivity index (χ0n) is 9.75. The normalized spacial score (nSPS) is 10.6. The van der Waals surface area contributed by atoms with Crippen LogP contribution >= 0.6 is 15.9 Å². The highest BCUT2D eigenvalue weighted by atomic mass is 79.9. The summed E-state index contributed by atoms with van der Waals surface area (Å²) in [7, 11) is 3.56. The first-order valence-electron chi connectivity index (χ1n) is 4.88. The van der Waals surface area contributed by atoms with Crippen LogP contribution < -0.4 is 0 Å². The molecule has 1 aromatic rings. The number of carboxylic acids is 1. The number of carboxylic acid groups (broad SMARTS) is 1. The third-order valence-corrected chi connectivity index (χ3v) is 2.75. The minimum Gasteiger partial charge on any atom is -0.478 e. The fraction of sp³-hybridized carbons (Fsp3) is 0.182. The smallest absolute Gasteiger partial charge is 0.335 e. The van der Waals surface area contributed by atoms with Gasteiger partial charge in [-0.15, -0.1) is 0 Å². The van der Waals surface area contributed by atoms with E-state index in [0.29, 0.717) is 10.0 Å². The van der Waals surface area contributed by atoms with Crippen LogP contribution in [0.5, 0.6) is 0 Å². The summed E-state index contributed by atoms with van der Waals surface area (Å²) in [6.45, 7) is 0. The van der Waals surface area contributed by atoms with Crippen molar-refractivity contribution in [2.75, 3.05) is 14.1 Å². The van der Waals surface area contributed by atoms with Crippen molar-refractivity contribution in [2.45, 2.75) is 0 Å². The first kappa shape index (κ1) is 14.2. The lowest BCUT2D eigenvalue weighted by molar-refractivity contribution is -0.385. The van der Waals surface area contributed by atoms with Crippen LogP contribution in [0.15, 0.2) is 22.8 Å². The molecule has 6 nitrogen and oxygen atoms in total. The van der Waals surface area contributed by atoms with Crippen LogP contribution in [0.3, 0.4) is 0 Å². The molecule has 7 heteroatoms. The molecule has 0 saturated heterocycles. The molecule has 1 N–H and O–H groups in total. The fourth-order valence-electron chi connectivity index (χ4n) is 1.27. The second-order valence-electron chi connectivity index (χ2n) is 3.73. The summed E-state index contributed by atoms with van der Waals surface area (Å²) < 4.78 is 0.368. The number of nitro benzene ring substituents is 1. The number of rotatable bonds is 4. The lowest BCUT2D eigenvalue weighted by Crippen LogP contribution is -2.02. The van der Waals surface area contributed by atoms with Gasteiger partial charge in [-0.25, -0.2) is 4.79 Å². The van der Waals surface area contributed by atoms with Crippen LogP contribution in [0.2, 0.25) is 0 Å². The minimum atomic E-state index is -1.21. The predicted octanol–water partition coefficient (Wildman–Crippen LogP) is 2.59. The van der Waals surface area contributed by atoms with E-state index in [4.69, 9.17) is 5.11 Å². The van der Waals surface area contributed by atoms with E-state index < -0.39 is 10.9 Å². The highest BCUT2D eigenvalue weighted by Crippen LogP contribution is 2.30. The largest absolute Gasteiger partial charge is 0.478 e. The third-order valence-electron chi connectivity index (χ3n) is 2.09. The van der Waals surface area contributed by atoms with E-state index in [1.165, 1.54) is 6.07 Å². The van der Waals surface area contributed by atoms with Gasteiger partial charge in [-0.05, 0) is 34.3 Å². The Morgan fingerprint density at radius 2 is 2.11 bits per heavy atom. The summed E-state index contributed by atoms with van der Waals surface area (Å²) in [5.74, 6) is -1.21. The van der Waals surface area contributed by atoms with Gasteiger partial charge in [0.25, 0.3) is 5.69 Å². The van der Waals surface area contributed by atoms with Crippen LogP contribution in [0.1, 0.15) is 15.9 Å². The molecule has 1 aromatic carbocycles. The van der Waals surface area contributed by atoms with Crippen molar-refractivity contribution < 1.29 is 14.8 Å². The van der Waals surface area contributed by atoms with E-state index in [0.717, 1.165) is 6.07 Å². The fourth-order valence-corrected chi connectivity index (χ4v) is 1.85. The molecule has 18 heavy (non-hydrogen) atoms. The highest BCUT2D eigenvalue weighted by Gasteiger charge is 2.19. The summed E-state index contributed by atoms with van der Waals surface area (Å²) in [6.07, 6.45) is 3.20. The molecule has 0 amide bonds. The van der Waals surface area contributed by atoms with Crippen LogP contribution in [-0.4, -0.2) is 35.0 Å². The molecule has 0 aliphatic heterocycles. The van der Waals surface area contributed by atoms with E-state index in [1.807, 2.05) is 0 Å². The SMILES string of the molecule is CN(C)/C=C/c1c(Br)cc(C(=O)O)cc1[N+](=O)[O-]. The molecule has 0 heterocycles. The van der Waals surface area contributed by atoms with Gasteiger partial charge in [-0.1, -0.05) is 0 Å². The molecule has 0 aromatic heterocycles. The summed E-state index contributed by atoms with van der Waals surface area (Å²) in [6, 6.07) is 2.38. The standard InChI is InChI=1S/C11H11BrN2O4/c1-13(2)4-3-8-9(12)5-7(11(15)16)6-10(8)14(17)18/h3-6H,1-2H3,(H,15,16)/b4-3+. The highest BCUT2D eigenvalue weighted by molar-refractivity contribution is 9.10. The van der Waals surface area contributed by atoms with Crippen LogP contribution in [0.4, 0.5) is 5.69 Å². The van der Waals surface area contributed by atoms with Crippen LogP contribution in [0, 0.1) is 10.1 Å². The van der Waals surface area contributed by atoms with Crippen molar-refractivity contribution in [1.82, 2.24) is 4.90 Å². The molecule has 0 radical (unpaired) electrons. The Kier molecular flexibility index (Phi) is 4.43. The van der Waals surface area contributed by atoms with Crippen molar-refractivity contribution in [1.29, 1.82) is 0 Å². The molecule has 0 bridgehead atoms. The van der Waals surface area contributed by atoms with Gasteiger partial charge in [0.2, 0.25) is 0 Å². The average Bonchev–Trinajstić information content (AvgIpc) is 2.25. The van der Waals surface area contributed by atoms with E-state index in [9.17, 15) is 14.9 Å². The zero-order chi connectivity index (χ0) is 13.9. The first-order chi connectivity index (χ1) is 8.32. The molecule has 0 fully saturated rings. The second kappa shape index (κ2) is 5.63. The van der Waals surface area contributed by atoms with Crippen molar-refractivity contribution >= 4 is 33.7 Å². The quantitative estimate of drug-likeness (QED) is 0.682. The topological polar surface area (TPSA) is 83.7 Å². The van der Waals surface area contributed by atoms with Gasteiger partial charge in [0.05, 0.1) is 16.1 Å². The third kappa shape index (κ3) is 3.30. The summed E-state index contributed by atoms with van der Waals surface area (Å²) >= 11 is 3.15. The molecule has 0 aliphatic rings. The molecule has 0 saturated carbocycles. The molecule has 0 unspecified atom stereocenters. The molecule has 0 spiro atoms. The maximum absolute atomic E-state index is 10.9. The molecule has 0 atom stereocenters. The first-order valence-corrected chi connectivity index (χ1v) is 5.68.